The number of nitrogens with zero attached hydrogens (tertiary/aromatic N) is 3. The molecule has 1 aromatic heterocycles. The summed E-state index contributed by atoms with van der Waals surface area (Å²) in [6, 6.07) is 13.3. The number of pyridine rings is 1. The zero-order chi connectivity index (χ0) is 27.0. The highest BCUT2D eigenvalue weighted by Gasteiger charge is 2.43. The Morgan fingerprint density at radius 1 is 1.08 bits per heavy atom. The molecule has 0 aliphatic carbocycles. The largest absolute Gasteiger partial charge is 0.490 e. The molecule has 6 rings (SSSR count). The first kappa shape index (κ1) is 25.6. The normalized spacial score (nSPS) is 22.4. The standard InChI is InChI=1S/C30H30ClFN4O3/c31-24-5-2-1-4-22(24)28(37)34-26-8-15-39-27-23(26)16-20(17-25(27)32)29(38)36-14-10-30(19-36)9-3-13-35(18-30)21-6-11-33-12-7-21/h1-2,4-7,11-12,16-17,26H,3,8-10,13-15,18-19H2,(H,34,37)/t26-,30?/m1/s1. The molecule has 202 valence electrons. The second-order valence-electron chi connectivity index (χ2n) is 10.7. The van der Waals surface area contributed by atoms with E-state index in [4.69, 9.17) is 16.3 Å². The van der Waals surface area contributed by atoms with Gasteiger partial charge < -0.3 is 19.9 Å². The van der Waals surface area contributed by atoms with Crippen LogP contribution in [0.5, 0.6) is 5.75 Å². The van der Waals surface area contributed by atoms with Crippen molar-refractivity contribution in [2.75, 3.05) is 37.7 Å². The number of halogens is 2. The fourth-order valence-corrected chi connectivity index (χ4v) is 6.44. The minimum atomic E-state index is -0.594. The van der Waals surface area contributed by atoms with E-state index in [2.05, 4.69) is 15.2 Å². The average Bonchev–Trinajstić information content (AvgIpc) is 3.36. The van der Waals surface area contributed by atoms with E-state index in [0.717, 1.165) is 38.0 Å². The van der Waals surface area contributed by atoms with Gasteiger partial charge in [-0.3, -0.25) is 14.6 Å². The zero-order valence-electron chi connectivity index (χ0n) is 21.5. The topological polar surface area (TPSA) is 74.8 Å². The Bertz CT molecular complexity index is 1400. The van der Waals surface area contributed by atoms with Crippen molar-refractivity contribution in [3.63, 3.8) is 0 Å². The van der Waals surface area contributed by atoms with Crippen molar-refractivity contribution in [2.24, 2.45) is 5.41 Å². The molecule has 1 unspecified atom stereocenters. The van der Waals surface area contributed by atoms with Gasteiger partial charge >= 0.3 is 0 Å². The molecule has 2 atom stereocenters. The van der Waals surface area contributed by atoms with E-state index in [-0.39, 0.29) is 35.1 Å². The van der Waals surface area contributed by atoms with Crippen molar-refractivity contribution in [3.8, 4) is 5.75 Å². The molecule has 3 aliphatic heterocycles. The van der Waals surface area contributed by atoms with Crippen LogP contribution in [0.25, 0.3) is 0 Å². The van der Waals surface area contributed by atoms with Crippen molar-refractivity contribution >= 4 is 29.1 Å². The van der Waals surface area contributed by atoms with E-state index < -0.39 is 11.9 Å². The van der Waals surface area contributed by atoms with Crippen molar-refractivity contribution in [1.29, 1.82) is 0 Å². The second kappa shape index (κ2) is 10.5. The molecular weight excluding hydrogens is 519 g/mol. The number of carbonyl (C=O) groups excluding carboxylic acids is 2. The lowest BCUT2D eigenvalue weighted by Crippen LogP contribution is -2.45. The number of aromatic nitrogens is 1. The van der Waals surface area contributed by atoms with E-state index in [9.17, 15) is 9.59 Å². The summed E-state index contributed by atoms with van der Waals surface area (Å²) >= 11 is 6.21. The van der Waals surface area contributed by atoms with Gasteiger partial charge in [0.15, 0.2) is 11.6 Å². The monoisotopic (exact) mass is 548 g/mol. The van der Waals surface area contributed by atoms with Crippen LogP contribution >= 0.6 is 11.6 Å². The van der Waals surface area contributed by atoms with E-state index >= 15 is 4.39 Å². The van der Waals surface area contributed by atoms with Crippen LogP contribution in [0.15, 0.2) is 60.9 Å². The molecule has 3 aromatic rings. The van der Waals surface area contributed by atoms with E-state index in [1.807, 2.05) is 17.0 Å². The molecule has 1 spiro atoms. The van der Waals surface area contributed by atoms with Crippen molar-refractivity contribution in [3.05, 3.63) is 88.5 Å². The highest BCUT2D eigenvalue weighted by molar-refractivity contribution is 6.33. The molecule has 3 aliphatic rings. The zero-order valence-corrected chi connectivity index (χ0v) is 22.3. The SMILES string of the molecule is O=C(N[C@@H]1CCOc2c(F)cc(C(=O)N3CCC4(CCCN(c5ccncc5)C4)C3)cc21)c1ccccc1Cl. The summed E-state index contributed by atoms with van der Waals surface area (Å²) in [7, 11) is 0. The van der Waals surface area contributed by atoms with Crippen LogP contribution in [0.2, 0.25) is 5.02 Å². The Morgan fingerprint density at radius 3 is 2.72 bits per heavy atom. The number of nitrogens with one attached hydrogen (secondary N) is 1. The molecule has 2 saturated heterocycles. The van der Waals surface area contributed by atoms with Gasteiger partial charge in [0, 0.05) is 67.2 Å². The lowest BCUT2D eigenvalue weighted by molar-refractivity contribution is 0.0766. The first-order valence-electron chi connectivity index (χ1n) is 13.4. The molecule has 2 fully saturated rings. The molecule has 39 heavy (non-hydrogen) atoms. The Morgan fingerprint density at radius 2 is 1.90 bits per heavy atom. The van der Waals surface area contributed by atoms with Crippen LogP contribution in [-0.2, 0) is 0 Å². The first-order valence-corrected chi connectivity index (χ1v) is 13.8. The summed E-state index contributed by atoms with van der Waals surface area (Å²) in [5.41, 5.74) is 2.25. The number of anilines is 1. The maximum Gasteiger partial charge on any atom is 0.253 e. The van der Waals surface area contributed by atoms with Gasteiger partial charge in [0.25, 0.3) is 11.8 Å². The highest BCUT2D eigenvalue weighted by Crippen LogP contribution is 2.41. The highest BCUT2D eigenvalue weighted by atomic mass is 35.5. The number of carbonyl (C=O) groups is 2. The maximum absolute atomic E-state index is 15.2. The Balaban J connectivity index is 1.20. The van der Waals surface area contributed by atoms with Crippen LogP contribution in [0.4, 0.5) is 10.1 Å². The second-order valence-corrected chi connectivity index (χ2v) is 11.1. The molecule has 9 heteroatoms. The number of rotatable bonds is 4. The van der Waals surface area contributed by atoms with Gasteiger partial charge in [0.05, 0.1) is 23.2 Å². The van der Waals surface area contributed by atoms with Gasteiger partial charge in [-0.25, -0.2) is 4.39 Å². The molecule has 4 heterocycles. The lowest BCUT2D eigenvalue weighted by atomic mass is 9.79. The van der Waals surface area contributed by atoms with Gasteiger partial charge in [-0.2, -0.15) is 0 Å². The summed E-state index contributed by atoms with van der Waals surface area (Å²) in [5.74, 6) is -1.06. The number of fused-ring (bicyclic) bond motifs is 1. The maximum atomic E-state index is 15.2. The number of benzene rings is 2. The first-order chi connectivity index (χ1) is 18.9. The molecule has 7 nitrogen and oxygen atoms in total. The number of ether oxygens (including phenoxy) is 1. The molecule has 0 bridgehead atoms. The number of piperidine rings is 1. The summed E-state index contributed by atoms with van der Waals surface area (Å²) in [5, 5.41) is 3.30. The number of hydrogen-bond acceptors (Lipinski definition) is 5. The van der Waals surface area contributed by atoms with Gasteiger partial charge in [-0.15, -0.1) is 0 Å². The minimum absolute atomic E-state index is 0.0124. The number of likely N-dealkylation sites (tertiary alicyclic amines) is 1. The van der Waals surface area contributed by atoms with Crippen LogP contribution < -0.4 is 15.0 Å². The van der Waals surface area contributed by atoms with Crippen molar-refractivity contribution in [2.45, 2.75) is 31.7 Å². The quantitative estimate of drug-likeness (QED) is 0.481. The van der Waals surface area contributed by atoms with Gasteiger partial charge in [0.1, 0.15) is 0 Å². The van der Waals surface area contributed by atoms with E-state index in [1.165, 1.54) is 6.07 Å². The summed E-state index contributed by atoms with van der Waals surface area (Å²) in [4.78, 5) is 34.9. The fourth-order valence-electron chi connectivity index (χ4n) is 6.22. The summed E-state index contributed by atoms with van der Waals surface area (Å²) in [6.07, 6.45) is 7.09. The lowest BCUT2D eigenvalue weighted by Gasteiger charge is -2.41. The molecule has 2 amide bonds. The minimum Gasteiger partial charge on any atom is -0.490 e. The molecular formula is C30H30ClFN4O3. The predicted molar refractivity (Wildman–Crippen MR) is 147 cm³/mol. The molecule has 2 aromatic carbocycles. The third-order valence-corrected chi connectivity index (χ3v) is 8.52. The molecule has 0 radical (unpaired) electrons. The summed E-state index contributed by atoms with van der Waals surface area (Å²) < 4.78 is 20.8. The smallest absolute Gasteiger partial charge is 0.253 e. The average molecular weight is 549 g/mol. The van der Waals surface area contributed by atoms with Gasteiger partial charge in [-0.1, -0.05) is 23.7 Å². The third kappa shape index (κ3) is 5.05. The van der Waals surface area contributed by atoms with Crippen LogP contribution in [0.1, 0.15) is 58.0 Å². The Hall–Kier alpha value is -3.65. The number of hydrogen-bond donors (Lipinski definition) is 1. The van der Waals surface area contributed by atoms with Gasteiger partial charge in [0.2, 0.25) is 0 Å². The van der Waals surface area contributed by atoms with E-state index in [0.29, 0.717) is 35.7 Å². The van der Waals surface area contributed by atoms with Crippen LogP contribution in [0.3, 0.4) is 0 Å². The van der Waals surface area contributed by atoms with Crippen molar-refractivity contribution < 1.29 is 18.7 Å². The fraction of sp³-hybridized carbons (Fsp3) is 0.367. The number of amides is 2. The Kier molecular flexibility index (Phi) is 6.89. The van der Waals surface area contributed by atoms with Gasteiger partial charge in [-0.05, 0) is 55.7 Å². The molecule has 0 saturated carbocycles. The van der Waals surface area contributed by atoms with E-state index in [1.54, 1.807) is 42.7 Å². The third-order valence-electron chi connectivity index (χ3n) is 8.19. The summed E-state index contributed by atoms with van der Waals surface area (Å²) in [6.45, 7) is 3.38. The predicted octanol–water partition coefficient (Wildman–Crippen LogP) is 5.26. The van der Waals surface area contributed by atoms with Crippen LogP contribution in [-0.4, -0.2) is 54.5 Å². The Labute approximate surface area is 231 Å². The van der Waals surface area contributed by atoms with Crippen molar-refractivity contribution in [1.82, 2.24) is 15.2 Å². The van der Waals surface area contributed by atoms with Crippen LogP contribution in [0, 0.1) is 11.2 Å². The molecule has 1 N–H and O–H groups in total.